The largest absolute Gasteiger partial charge is 0.497 e. The van der Waals surface area contributed by atoms with Gasteiger partial charge in [0.15, 0.2) is 0 Å². The van der Waals surface area contributed by atoms with Gasteiger partial charge >= 0.3 is 0 Å². The molecule has 1 aliphatic heterocycles. The minimum absolute atomic E-state index is 0. The fourth-order valence-corrected chi connectivity index (χ4v) is 2.59. The van der Waals surface area contributed by atoms with Crippen molar-refractivity contribution in [3.8, 4) is 5.75 Å². The highest BCUT2D eigenvalue weighted by molar-refractivity contribution is 5.85. The van der Waals surface area contributed by atoms with Gasteiger partial charge in [0.1, 0.15) is 11.8 Å². The van der Waals surface area contributed by atoms with Gasteiger partial charge in [0.05, 0.1) is 19.8 Å². The monoisotopic (exact) mass is 342 g/mol. The highest BCUT2D eigenvalue weighted by Gasteiger charge is 2.30. The van der Waals surface area contributed by atoms with E-state index in [2.05, 4.69) is 24.5 Å². The Morgan fingerprint density at radius 1 is 1.39 bits per heavy atom. The van der Waals surface area contributed by atoms with Crippen molar-refractivity contribution in [3.63, 3.8) is 0 Å². The molecule has 1 amide bonds. The molecule has 2 N–H and O–H groups in total. The molecular weight excluding hydrogens is 316 g/mol. The van der Waals surface area contributed by atoms with Crippen LogP contribution in [0.4, 0.5) is 0 Å². The second-order valence-electron chi connectivity index (χ2n) is 6.34. The Morgan fingerprint density at radius 3 is 2.61 bits per heavy atom. The summed E-state index contributed by atoms with van der Waals surface area (Å²) in [5.74, 6) is 0.828. The van der Waals surface area contributed by atoms with E-state index >= 15 is 0 Å². The molecule has 0 aromatic heterocycles. The van der Waals surface area contributed by atoms with Gasteiger partial charge in [-0.1, -0.05) is 26.0 Å². The molecule has 0 bridgehead atoms. The van der Waals surface area contributed by atoms with Crippen molar-refractivity contribution in [2.45, 2.75) is 38.3 Å². The summed E-state index contributed by atoms with van der Waals surface area (Å²) in [5, 5.41) is 6.24. The van der Waals surface area contributed by atoms with Crippen molar-refractivity contribution in [1.29, 1.82) is 0 Å². The van der Waals surface area contributed by atoms with E-state index < -0.39 is 0 Å². The minimum atomic E-state index is -0.277. The number of benzene rings is 1. The quantitative estimate of drug-likeness (QED) is 0.858. The topological polar surface area (TPSA) is 59.6 Å². The van der Waals surface area contributed by atoms with Gasteiger partial charge in [-0.25, -0.2) is 0 Å². The van der Waals surface area contributed by atoms with Gasteiger partial charge in [0, 0.05) is 18.5 Å². The van der Waals surface area contributed by atoms with Crippen LogP contribution in [0.5, 0.6) is 5.75 Å². The van der Waals surface area contributed by atoms with E-state index in [4.69, 9.17) is 9.47 Å². The molecule has 1 saturated heterocycles. The van der Waals surface area contributed by atoms with Crippen molar-refractivity contribution in [1.82, 2.24) is 10.6 Å². The van der Waals surface area contributed by atoms with E-state index in [1.54, 1.807) is 7.11 Å². The lowest BCUT2D eigenvalue weighted by molar-refractivity contribution is -0.129. The summed E-state index contributed by atoms with van der Waals surface area (Å²) in [6.07, 6.45) is -0.0992. The van der Waals surface area contributed by atoms with Crippen LogP contribution in [0.1, 0.15) is 26.3 Å². The van der Waals surface area contributed by atoms with Gasteiger partial charge in [0.25, 0.3) is 0 Å². The van der Waals surface area contributed by atoms with E-state index in [0.29, 0.717) is 19.7 Å². The van der Waals surface area contributed by atoms with E-state index in [1.807, 2.05) is 31.2 Å². The summed E-state index contributed by atoms with van der Waals surface area (Å²) in [6.45, 7) is 8.09. The van der Waals surface area contributed by atoms with Crippen molar-refractivity contribution in [3.05, 3.63) is 29.8 Å². The average Bonchev–Trinajstić information content (AvgIpc) is 2.53. The third-order valence-electron chi connectivity index (χ3n) is 4.17. The molecule has 0 aliphatic carbocycles. The predicted octanol–water partition coefficient (Wildman–Crippen LogP) is 1.89. The number of hydrogen-bond acceptors (Lipinski definition) is 4. The van der Waals surface area contributed by atoms with Crippen LogP contribution in [0, 0.1) is 0 Å². The van der Waals surface area contributed by atoms with Crippen LogP contribution in [-0.2, 0) is 14.9 Å². The van der Waals surface area contributed by atoms with Crippen molar-refractivity contribution >= 4 is 18.3 Å². The van der Waals surface area contributed by atoms with E-state index in [9.17, 15) is 4.79 Å². The van der Waals surface area contributed by atoms with E-state index in [0.717, 1.165) is 11.3 Å². The minimum Gasteiger partial charge on any atom is -0.497 e. The molecular formula is C17H27ClN2O3. The molecule has 0 radical (unpaired) electrons. The van der Waals surface area contributed by atoms with Crippen LogP contribution in [0.3, 0.4) is 0 Å². The molecule has 5 nitrogen and oxygen atoms in total. The first-order valence-electron chi connectivity index (χ1n) is 7.71. The van der Waals surface area contributed by atoms with Crippen molar-refractivity contribution in [2.24, 2.45) is 0 Å². The Kier molecular flexibility index (Phi) is 7.32. The predicted molar refractivity (Wildman–Crippen MR) is 93.5 cm³/mol. The number of carbonyl (C=O) groups is 1. The number of ether oxygens (including phenoxy) is 2. The van der Waals surface area contributed by atoms with Gasteiger partial charge in [-0.15, -0.1) is 12.4 Å². The zero-order valence-corrected chi connectivity index (χ0v) is 15.0. The van der Waals surface area contributed by atoms with Crippen LogP contribution in [-0.4, -0.2) is 44.9 Å². The van der Waals surface area contributed by atoms with Gasteiger partial charge in [-0.05, 0) is 24.6 Å². The first-order valence-corrected chi connectivity index (χ1v) is 7.71. The molecule has 1 aromatic rings. The Morgan fingerprint density at radius 2 is 2.04 bits per heavy atom. The number of amides is 1. The Labute approximate surface area is 144 Å². The molecule has 0 unspecified atom stereocenters. The molecule has 1 aliphatic rings. The van der Waals surface area contributed by atoms with Crippen LogP contribution in [0.2, 0.25) is 0 Å². The highest BCUT2D eigenvalue weighted by atomic mass is 35.5. The van der Waals surface area contributed by atoms with Crippen LogP contribution in [0.15, 0.2) is 24.3 Å². The average molecular weight is 343 g/mol. The first-order chi connectivity index (χ1) is 10.4. The molecule has 1 aromatic carbocycles. The zero-order chi connectivity index (χ0) is 16.2. The molecule has 0 saturated carbocycles. The highest BCUT2D eigenvalue weighted by Crippen LogP contribution is 2.24. The van der Waals surface area contributed by atoms with Crippen LogP contribution >= 0.6 is 12.4 Å². The summed E-state index contributed by atoms with van der Waals surface area (Å²) in [6, 6.07) is 7.68. The second kappa shape index (κ2) is 8.52. The molecule has 6 heteroatoms. The Balaban J connectivity index is 0.00000264. The lowest BCUT2D eigenvalue weighted by Crippen LogP contribution is -2.56. The fraction of sp³-hybridized carbons (Fsp3) is 0.588. The maximum Gasteiger partial charge on any atom is 0.239 e. The third-order valence-corrected chi connectivity index (χ3v) is 4.17. The number of morpholine rings is 1. The smallest absolute Gasteiger partial charge is 0.239 e. The number of methoxy groups -OCH3 is 1. The molecule has 130 valence electrons. The number of halogens is 1. The first kappa shape index (κ1) is 19.7. The second-order valence-corrected chi connectivity index (χ2v) is 6.34. The lowest BCUT2D eigenvalue weighted by Gasteiger charge is -2.31. The fourth-order valence-electron chi connectivity index (χ4n) is 2.59. The summed E-state index contributed by atoms with van der Waals surface area (Å²) >= 11 is 0. The van der Waals surface area contributed by atoms with Crippen molar-refractivity contribution < 1.29 is 14.3 Å². The Bertz CT molecular complexity index is 505. The SMILES string of the molecule is COc1ccc(C(C)(C)CNC(=O)[C@H]2NCCO[C@@H]2C)cc1.Cl. The summed E-state index contributed by atoms with van der Waals surface area (Å²) in [5.41, 5.74) is 1.01. The molecule has 0 spiro atoms. The molecule has 23 heavy (non-hydrogen) atoms. The Hall–Kier alpha value is -1.30. The molecule has 2 atom stereocenters. The third kappa shape index (κ3) is 5.09. The zero-order valence-electron chi connectivity index (χ0n) is 14.2. The van der Waals surface area contributed by atoms with Crippen molar-refractivity contribution in [2.75, 3.05) is 26.8 Å². The number of rotatable bonds is 5. The maximum absolute atomic E-state index is 12.3. The van der Waals surface area contributed by atoms with E-state index in [1.165, 1.54) is 0 Å². The molecule has 2 rings (SSSR count). The number of nitrogens with one attached hydrogen (secondary N) is 2. The number of carbonyl (C=O) groups excluding carboxylic acids is 1. The lowest BCUT2D eigenvalue weighted by atomic mass is 9.84. The van der Waals surface area contributed by atoms with Gasteiger partial charge in [-0.2, -0.15) is 0 Å². The maximum atomic E-state index is 12.3. The number of hydrogen-bond donors (Lipinski definition) is 2. The molecule has 1 heterocycles. The summed E-state index contributed by atoms with van der Waals surface area (Å²) in [7, 11) is 1.65. The van der Waals surface area contributed by atoms with Crippen LogP contribution < -0.4 is 15.4 Å². The van der Waals surface area contributed by atoms with Gasteiger partial charge in [0.2, 0.25) is 5.91 Å². The van der Waals surface area contributed by atoms with Crippen LogP contribution in [0.25, 0.3) is 0 Å². The van der Waals surface area contributed by atoms with Gasteiger partial charge < -0.3 is 20.1 Å². The summed E-state index contributed by atoms with van der Waals surface area (Å²) in [4.78, 5) is 12.3. The standard InChI is InChI=1S/C17H26N2O3.ClH/c1-12-15(18-9-10-22-12)16(20)19-11-17(2,3)13-5-7-14(21-4)8-6-13;/h5-8,12,15,18H,9-11H2,1-4H3,(H,19,20);1H/t12-,15+;/m1./s1. The normalized spacial score (nSPS) is 21.2. The van der Waals surface area contributed by atoms with Gasteiger partial charge in [-0.3, -0.25) is 4.79 Å². The summed E-state index contributed by atoms with van der Waals surface area (Å²) < 4.78 is 10.7. The van der Waals surface area contributed by atoms with E-state index in [-0.39, 0.29) is 35.9 Å². The molecule has 1 fully saturated rings.